The molecule has 8 heteroatoms. The molecule has 18 heavy (non-hydrogen) atoms. The topological polar surface area (TPSA) is 89.8 Å². The van der Waals surface area contributed by atoms with Crippen molar-refractivity contribution in [2.45, 2.75) is 19.1 Å². The molecule has 7 nitrogen and oxygen atoms in total. The molecule has 0 aliphatic heterocycles. The third-order valence-corrected chi connectivity index (χ3v) is 4.12. The van der Waals surface area contributed by atoms with Gasteiger partial charge in [-0.2, -0.15) is 0 Å². The maximum absolute atomic E-state index is 11.7. The normalized spacial score (nSPS) is 11.7. The van der Waals surface area contributed by atoms with E-state index in [-0.39, 0.29) is 0 Å². The highest BCUT2D eigenvalue weighted by molar-refractivity contribution is 7.93. The molecule has 2 aromatic rings. The lowest BCUT2D eigenvalue weighted by Crippen LogP contribution is -2.22. The highest BCUT2D eigenvalue weighted by Gasteiger charge is 2.15. The summed E-state index contributed by atoms with van der Waals surface area (Å²) in [6, 6.07) is 6.79. The molecule has 0 bridgehead atoms. The number of nitrogens with one attached hydrogen (secondary N) is 1. The van der Waals surface area contributed by atoms with Crippen LogP contribution in [0.15, 0.2) is 30.6 Å². The van der Waals surface area contributed by atoms with Crippen molar-refractivity contribution in [3.8, 4) is 5.69 Å². The largest absolute Gasteiger partial charge is 0.283 e. The van der Waals surface area contributed by atoms with Crippen LogP contribution in [-0.4, -0.2) is 33.9 Å². The van der Waals surface area contributed by atoms with Gasteiger partial charge in [0.15, 0.2) is 0 Å². The number of rotatable bonds is 4. The molecule has 0 spiro atoms. The average molecular weight is 267 g/mol. The van der Waals surface area contributed by atoms with Crippen LogP contribution < -0.4 is 4.72 Å². The number of tetrazole rings is 1. The fourth-order valence-corrected chi connectivity index (χ4v) is 1.94. The molecule has 0 saturated carbocycles. The minimum atomic E-state index is -3.32. The third kappa shape index (κ3) is 2.65. The van der Waals surface area contributed by atoms with E-state index in [1.807, 2.05) is 0 Å². The maximum Gasteiger partial charge on any atom is 0.235 e. The second-order valence-corrected chi connectivity index (χ2v) is 6.23. The van der Waals surface area contributed by atoms with Crippen LogP contribution in [0.25, 0.3) is 5.69 Å². The van der Waals surface area contributed by atoms with Crippen LogP contribution >= 0.6 is 0 Å². The zero-order valence-corrected chi connectivity index (χ0v) is 10.8. The summed E-state index contributed by atoms with van der Waals surface area (Å²) < 4.78 is 27.3. The molecular weight excluding hydrogens is 254 g/mol. The van der Waals surface area contributed by atoms with Crippen LogP contribution in [0.4, 0.5) is 5.69 Å². The Bertz CT molecular complexity index is 604. The Morgan fingerprint density at radius 3 is 2.39 bits per heavy atom. The molecule has 0 radical (unpaired) electrons. The van der Waals surface area contributed by atoms with E-state index in [2.05, 4.69) is 20.2 Å². The van der Waals surface area contributed by atoms with Crippen molar-refractivity contribution < 1.29 is 8.42 Å². The lowest BCUT2D eigenvalue weighted by molar-refractivity contribution is 0.593. The fourth-order valence-electron chi connectivity index (χ4n) is 1.24. The van der Waals surface area contributed by atoms with Crippen LogP contribution in [0.3, 0.4) is 0 Å². The van der Waals surface area contributed by atoms with Gasteiger partial charge in [0.1, 0.15) is 6.33 Å². The Balaban J connectivity index is 2.19. The standard InChI is InChI=1S/C10H13N5O2S/c1-8(2)18(16,17)12-9-3-5-10(6-4-9)15-7-11-13-14-15/h3-8,12H,1-2H3. The summed E-state index contributed by atoms with van der Waals surface area (Å²) in [5.74, 6) is 0. The molecule has 0 atom stereocenters. The van der Waals surface area contributed by atoms with Gasteiger partial charge in [-0.1, -0.05) is 0 Å². The van der Waals surface area contributed by atoms with E-state index >= 15 is 0 Å². The monoisotopic (exact) mass is 267 g/mol. The number of benzene rings is 1. The van der Waals surface area contributed by atoms with Crippen molar-refractivity contribution in [1.82, 2.24) is 20.2 Å². The average Bonchev–Trinajstić information content (AvgIpc) is 2.83. The highest BCUT2D eigenvalue weighted by Crippen LogP contribution is 2.14. The first-order chi connectivity index (χ1) is 8.49. The van der Waals surface area contributed by atoms with Gasteiger partial charge < -0.3 is 0 Å². The zero-order chi connectivity index (χ0) is 13.2. The first kappa shape index (κ1) is 12.5. The lowest BCUT2D eigenvalue weighted by atomic mass is 10.3. The Labute approximate surface area is 105 Å². The lowest BCUT2D eigenvalue weighted by Gasteiger charge is -2.10. The summed E-state index contributed by atoms with van der Waals surface area (Å²) in [6.07, 6.45) is 1.47. The number of aromatic nitrogens is 4. The van der Waals surface area contributed by atoms with Crippen LogP contribution in [0.2, 0.25) is 0 Å². The highest BCUT2D eigenvalue weighted by atomic mass is 32.2. The smallest absolute Gasteiger partial charge is 0.235 e. The van der Waals surface area contributed by atoms with Crippen LogP contribution in [0.1, 0.15) is 13.8 Å². The van der Waals surface area contributed by atoms with Gasteiger partial charge in [-0.05, 0) is 48.5 Å². The minimum absolute atomic E-state index is 0.475. The summed E-state index contributed by atoms with van der Waals surface area (Å²) in [5, 5.41) is 10.3. The van der Waals surface area contributed by atoms with Crippen molar-refractivity contribution in [3.05, 3.63) is 30.6 Å². The van der Waals surface area contributed by atoms with Gasteiger partial charge in [0.05, 0.1) is 10.9 Å². The molecule has 0 aliphatic carbocycles. The first-order valence-corrected chi connectivity index (χ1v) is 6.89. The van der Waals surface area contributed by atoms with Crippen molar-refractivity contribution in [2.24, 2.45) is 0 Å². The molecule has 1 N–H and O–H groups in total. The molecule has 2 rings (SSSR count). The van der Waals surface area contributed by atoms with Gasteiger partial charge in [0.2, 0.25) is 10.0 Å². The van der Waals surface area contributed by atoms with Gasteiger partial charge in [-0.25, -0.2) is 13.1 Å². The summed E-state index contributed by atoms with van der Waals surface area (Å²) >= 11 is 0. The molecular formula is C10H13N5O2S. The molecule has 1 aromatic heterocycles. The predicted molar refractivity (Wildman–Crippen MR) is 66.8 cm³/mol. The Hall–Kier alpha value is -1.96. The van der Waals surface area contributed by atoms with Crippen molar-refractivity contribution in [3.63, 3.8) is 0 Å². The molecule has 1 heterocycles. The number of hydrogen-bond donors (Lipinski definition) is 1. The first-order valence-electron chi connectivity index (χ1n) is 5.34. The second kappa shape index (κ2) is 4.73. The van der Waals surface area contributed by atoms with Crippen molar-refractivity contribution in [1.29, 1.82) is 0 Å². The Morgan fingerprint density at radius 2 is 1.89 bits per heavy atom. The maximum atomic E-state index is 11.7. The van der Waals surface area contributed by atoms with Crippen LogP contribution in [-0.2, 0) is 10.0 Å². The SMILES string of the molecule is CC(C)S(=O)(=O)Nc1ccc(-n2cnnn2)cc1. The van der Waals surface area contributed by atoms with E-state index in [0.717, 1.165) is 5.69 Å². The third-order valence-electron chi connectivity index (χ3n) is 2.36. The Kier molecular flexibility index (Phi) is 3.28. The number of hydrogen-bond acceptors (Lipinski definition) is 5. The fraction of sp³-hybridized carbons (Fsp3) is 0.300. The van der Waals surface area contributed by atoms with Crippen LogP contribution in [0.5, 0.6) is 0 Å². The molecule has 0 fully saturated rings. The molecule has 0 aliphatic rings. The van der Waals surface area contributed by atoms with E-state index in [1.165, 1.54) is 11.0 Å². The second-order valence-electron chi connectivity index (χ2n) is 4.00. The van der Waals surface area contributed by atoms with Gasteiger partial charge in [-0.3, -0.25) is 4.72 Å². The van der Waals surface area contributed by atoms with Gasteiger partial charge in [0, 0.05) is 5.69 Å². The van der Waals surface area contributed by atoms with Gasteiger partial charge in [-0.15, -0.1) is 5.10 Å². The summed E-state index contributed by atoms with van der Waals surface area (Å²) in [5.41, 5.74) is 1.27. The summed E-state index contributed by atoms with van der Waals surface area (Å²) in [4.78, 5) is 0. The number of sulfonamides is 1. The molecule has 0 amide bonds. The quantitative estimate of drug-likeness (QED) is 0.885. The molecule has 0 unspecified atom stereocenters. The Morgan fingerprint density at radius 1 is 1.22 bits per heavy atom. The minimum Gasteiger partial charge on any atom is -0.283 e. The number of anilines is 1. The van der Waals surface area contributed by atoms with Gasteiger partial charge >= 0.3 is 0 Å². The number of nitrogens with zero attached hydrogens (tertiary/aromatic N) is 4. The molecule has 1 aromatic carbocycles. The van der Waals surface area contributed by atoms with E-state index < -0.39 is 15.3 Å². The van der Waals surface area contributed by atoms with Crippen LogP contribution in [0, 0.1) is 0 Å². The zero-order valence-electron chi connectivity index (χ0n) is 9.98. The van der Waals surface area contributed by atoms with E-state index in [0.29, 0.717) is 5.69 Å². The molecule has 96 valence electrons. The van der Waals surface area contributed by atoms with E-state index in [4.69, 9.17) is 0 Å². The van der Waals surface area contributed by atoms with E-state index in [9.17, 15) is 8.42 Å². The molecule has 0 saturated heterocycles. The van der Waals surface area contributed by atoms with Crippen molar-refractivity contribution in [2.75, 3.05) is 4.72 Å². The summed E-state index contributed by atoms with van der Waals surface area (Å²) in [6.45, 7) is 3.25. The van der Waals surface area contributed by atoms with Gasteiger partial charge in [0.25, 0.3) is 0 Å². The van der Waals surface area contributed by atoms with Crippen molar-refractivity contribution >= 4 is 15.7 Å². The predicted octanol–water partition coefficient (Wildman–Crippen LogP) is 0.812. The summed E-state index contributed by atoms with van der Waals surface area (Å²) in [7, 11) is -3.32. The van der Waals surface area contributed by atoms with E-state index in [1.54, 1.807) is 38.1 Å².